The summed E-state index contributed by atoms with van der Waals surface area (Å²) in [5.74, 6) is 0.835. The summed E-state index contributed by atoms with van der Waals surface area (Å²) in [6.45, 7) is 2.07. The molecule has 0 spiro atoms. The van der Waals surface area contributed by atoms with Gasteiger partial charge in [-0.05, 0) is 30.9 Å². The first-order valence-corrected chi connectivity index (χ1v) is 10.0. The lowest BCUT2D eigenvalue weighted by Gasteiger charge is -2.33. The van der Waals surface area contributed by atoms with Crippen molar-refractivity contribution in [3.63, 3.8) is 0 Å². The number of hydrogen-bond acceptors (Lipinski definition) is 4. The van der Waals surface area contributed by atoms with Crippen molar-refractivity contribution >= 4 is 17.5 Å². The normalized spacial score (nSPS) is 17.0. The molecular formula is C21H33N3O3. The molecule has 0 heterocycles. The van der Waals surface area contributed by atoms with Gasteiger partial charge < -0.3 is 21.1 Å². The predicted octanol–water partition coefficient (Wildman–Crippen LogP) is 3.22. The van der Waals surface area contributed by atoms with Gasteiger partial charge in [-0.2, -0.15) is 0 Å². The second-order valence-electron chi connectivity index (χ2n) is 7.56. The fourth-order valence-corrected chi connectivity index (χ4v) is 3.70. The van der Waals surface area contributed by atoms with E-state index in [0.717, 1.165) is 19.3 Å². The molecule has 150 valence electrons. The third-order valence-corrected chi connectivity index (χ3v) is 5.15. The maximum absolute atomic E-state index is 12.4. The van der Waals surface area contributed by atoms with Crippen LogP contribution in [0.3, 0.4) is 0 Å². The fourth-order valence-electron chi connectivity index (χ4n) is 3.70. The number of rotatable bonds is 9. The van der Waals surface area contributed by atoms with Gasteiger partial charge in [0.1, 0.15) is 17.9 Å². The van der Waals surface area contributed by atoms with Crippen LogP contribution in [0.15, 0.2) is 24.3 Å². The molecule has 1 aromatic rings. The third kappa shape index (κ3) is 6.54. The van der Waals surface area contributed by atoms with E-state index in [4.69, 9.17) is 10.5 Å². The molecule has 1 saturated carbocycles. The van der Waals surface area contributed by atoms with E-state index in [0.29, 0.717) is 30.2 Å². The molecule has 4 N–H and O–H groups in total. The molecule has 2 rings (SSSR count). The Morgan fingerprint density at radius 3 is 2.67 bits per heavy atom. The van der Waals surface area contributed by atoms with Crippen LogP contribution in [-0.2, 0) is 9.59 Å². The number of likely N-dealkylation sites (N-methyl/N-ethyl adjacent to an activating group) is 1. The summed E-state index contributed by atoms with van der Waals surface area (Å²) in [6, 6.07) is 7.20. The zero-order chi connectivity index (χ0) is 19.7. The average Bonchev–Trinajstić information content (AvgIpc) is 2.67. The Balaban J connectivity index is 2.01. The second-order valence-corrected chi connectivity index (χ2v) is 7.56. The van der Waals surface area contributed by atoms with Crippen molar-refractivity contribution in [2.75, 3.05) is 19.0 Å². The number of benzene rings is 1. The molecule has 1 fully saturated rings. The standard InChI is InChI=1S/C21H33N3O3/c1-3-8-19(25)24-17-11-7-12-18(13-17)27-15-21(22,20(26)23-2)14-16-9-5-4-6-10-16/h7,11-13,16H,3-6,8-10,14-15,22H2,1-2H3,(H,23,26)(H,24,25). The molecule has 27 heavy (non-hydrogen) atoms. The van der Waals surface area contributed by atoms with E-state index in [-0.39, 0.29) is 18.4 Å². The van der Waals surface area contributed by atoms with Gasteiger partial charge in [0.25, 0.3) is 0 Å². The van der Waals surface area contributed by atoms with Crippen molar-refractivity contribution in [2.24, 2.45) is 11.7 Å². The van der Waals surface area contributed by atoms with Gasteiger partial charge in [-0.25, -0.2) is 0 Å². The van der Waals surface area contributed by atoms with Gasteiger partial charge in [0.15, 0.2) is 0 Å². The van der Waals surface area contributed by atoms with Crippen LogP contribution in [0.5, 0.6) is 5.75 Å². The summed E-state index contributed by atoms with van der Waals surface area (Å²) in [4.78, 5) is 24.2. The Morgan fingerprint density at radius 2 is 2.00 bits per heavy atom. The summed E-state index contributed by atoms with van der Waals surface area (Å²) in [5, 5.41) is 5.53. The Labute approximate surface area is 162 Å². The van der Waals surface area contributed by atoms with Gasteiger partial charge in [-0.15, -0.1) is 0 Å². The molecule has 2 amide bonds. The van der Waals surface area contributed by atoms with Gasteiger partial charge in [-0.1, -0.05) is 45.1 Å². The highest BCUT2D eigenvalue weighted by Gasteiger charge is 2.37. The lowest BCUT2D eigenvalue weighted by Crippen LogP contribution is -2.58. The summed E-state index contributed by atoms with van der Waals surface area (Å²) in [6.07, 6.45) is 7.81. The molecule has 0 saturated heterocycles. The van der Waals surface area contributed by atoms with Gasteiger partial charge in [0.05, 0.1) is 0 Å². The maximum Gasteiger partial charge on any atom is 0.243 e. The fraction of sp³-hybridized carbons (Fsp3) is 0.619. The molecule has 0 aliphatic heterocycles. The highest BCUT2D eigenvalue weighted by Crippen LogP contribution is 2.30. The van der Waals surface area contributed by atoms with Crippen LogP contribution in [-0.4, -0.2) is 31.0 Å². The smallest absolute Gasteiger partial charge is 0.243 e. The van der Waals surface area contributed by atoms with E-state index < -0.39 is 5.54 Å². The Kier molecular flexibility index (Phi) is 8.10. The van der Waals surface area contributed by atoms with Crippen molar-refractivity contribution in [1.82, 2.24) is 5.32 Å². The number of nitrogens with one attached hydrogen (secondary N) is 2. The van der Waals surface area contributed by atoms with Crippen LogP contribution >= 0.6 is 0 Å². The molecule has 0 radical (unpaired) electrons. The molecular weight excluding hydrogens is 342 g/mol. The Morgan fingerprint density at radius 1 is 1.26 bits per heavy atom. The number of anilines is 1. The average molecular weight is 376 g/mol. The van der Waals surface area contributed by atoms with Crippen LogP contribution in [0.25, 0.3) is 0 Å². The monoisotopic (exact) mass is 375 g/mol. The highest BCUT2D eigenvalue weighted by molar-refractivity contribution is 5.90. The van der Waals surface area contributed by atoms with E-state index in [9.17, 15) is 9.59 Å². The first-order valence-electron chi connectivity index (χ1n) is 10.0. The SMILES string of the molecule is CCCC(=O)Nc1cccc(OCC(N)(CC2CCCCC2)C(=O)NC)c1. The number of nitrogens with two attached hydrogens (primary N) is 1. The van der Waals surface area contributed by atoms with E-state index in [2.05, 4.69) is 10.6 Å². The zero-order valence-electron chi connectivity index (χ0n) is 16.6. The Bertz CT molecular complexity index is 629. The van der Waals surface area contributed by atoms with Crippen molar-refractivity contribution in [3.8, 4) is 5.75 Å². The van der Waals surface area contributed by atoms with E-state index in [1.807, 2.05) is 19.1 Å². The molecule has 1 aliphatic rings. The summed E-state index contributed by atoms with van der Waals surface area (Å²) < 4.78 is 5.88. The first-order chi connectivity index (χ1) is 13.0. The topological polar surface area (TPSA) is 93.4 Å². The first kappa shape index (κ1) is 21.2. The number of amides is 2. The van der Waals surface area contributed by atoms with E-state index in [1.165, 1.54) is 19.3 Å². The highest BCUT2D eigenvalue weighted by atomic mass is 16.5. The maximum atomic E-state index is 12.4. The molecule has 0 bridgehead atoms. The molecule has 6 heteroatoms. The van der Waals surface area contributed by atoms with E-state index >= 15 is 0 Å². The minimum absolute atomic E-state index is 0.0227. The van der Waals surface area contributed by atoms with Gasteiger partial charge in [0, 0.05) is 25.2 Å². The quantitative estimate of drug-likeness (QED) is 0.618. The molecule has 1 aromatic carbocycles. The minimum Gasteiger partial charge on any atom is -0.491 e. The third-order valence-electron chi connectivity index (χ3n) is 5.15. The van der Waals surface area contributed by atoms with Crippen molar-refractivity contribution in [1.29, 1.82) is 0 Å². The Hall–Kier alpha value is -2.08. The molecule has 1 unspecified atom stereocenters. The van der Waals surface area contributed by atoms with Crippen LogP contribution in [0.1, 0.15) is 58.3 Å². The van der Waals surface area contributed by atoms with Crippen LogP contribution in [0.4, 0.5) is 5.69 Å². The van der Waals surface area contributed by atoms with Crippen LogP contribution in [0, 0.1) is 5.92 Å². The van der Waals surface area contributed by atoms with Crippen molar-refractivity contribution in [3.05, 3.63) is 24.3 Å². The molecule has 1 atom stereocenters. The van der Waals surface area contributed by atoms with E-state index in [1.54, 1.807) is 19.2 Å². The summed E-state index contributed by atoms with van der Waals surface area (Å²) in [5.41, 5.74) is 6.11. The predicted molar refractivity (Wildman–Crippen MR) is 108 cm³/mol. The molecule has 6 nitrogen and oxygen atoms in total. The zero-order valence-corrected chi connectivity index (χ0v) is 16.6. The van der Waals surface area contributed by atoms with Crippen LogP contribution in [0.2, 0.25) is 0 Å². The van der Waals surface area contributed by atoms with Crippen molar-refractivity contribution < 1.29 is 14.3 Å². The van der Waals surface area contributed by atoms with Gasteiger partial charge in [0.2, 0.25) is 11.8 Å². The largest absolute Gasteiger partial charge is 0.491 e. The lowest BCUT2D eigenvalue weighted by atomic mass is 9.79. The number of hydrogen-bond donors (Lipinski definition) is 3. The molecule has 1 aliphatic carbocycles. The van der Waals surface area contributed by atoms with Gasteiger partial charge >= 0.3 is 0 Å². The summed E-state index contributed by atoms with van der Waals surface area (Å²) >= 11 is 0. The minimum atomic E-state index is -1.06. The lowest BCUT2D eigenvalue weighted by molar-refractivity contribution is -0.127. The van der Waals surface area contributed by atoms with Crippen molar-refractivity contribution in [2.45, 2.75) is 63.8 Å². The second kappa shape index (κ2) is 10.3. The molecule has 0 aromatic heterocycles. The summed E-state index contributed by atoms with van der Waals surface area (Å²) in [7, 11) is 1.61. The van der Waals surface area contributed by atoms with Crippen LogP contribution < -0.4 is 21.1 Å². The number of carbonyl (C=O) groups is 2. The van der Waals surface area contributed by atoms with Gasteiger partial charge in [-0.3, -0.25) is 9.59 Å². The number of ether oxygens (including phenoxy) is 1. The number of carbonyl (C=O) groups excluding carboxylic acids is 2.